The second kappa shape index (κ2) is 7.26. The van der Waals surface area contributed by atoms with E-state index >= 15 is 0 Å². The van der Waals surface area contributed by atoms with Crippen molar-refractivity contribution < 1.29 is 4.79 Å². The van der Waals surface area contributed by atoms with Crippen LogP contribution in [-0.4, -0.2) is 54.1 Å². The van der Waals surface area contributed by atoms with Gasteiger partial charge in [-0.1, -0.05) is 22.9 Å². The molecule has 5 rings (SSSR count). The van der Waals surface area contributed by atoms with E-state index < -0.39 is 0 Å². The Morgan fingerprint density at radius 2 is 1.97 bits per heavy atom. The standard InChI is InChI=1S/C20H22ClN7O/c1-12-17(23-26-28(12)16-4-2-3-15(21)11-16)20(29)27-9-7-14(8-10-27)19-22-18(24-25-19)13-5-6-13/h2-4,11,13-14H,5-10H2,1H3,(H,22,24,25). The predicted molar refractivity (Wildman–Crippen MR) is 107 cm³/mol. The number of amides is 1. The molecule has 0 bridgehead atoms. The van der Waals surface area contributed by atoms with Gasteiger partial charge in [0.1, 0.15) is 5.82 Å². The van der Waals surface area contributed by atoms with Crippen molar-refractivity contribution in [1.29, 1.82) is 0 Å². The second-order valence-electron chi connectivity index (χ2n) is 7.83. The molecule has 1 amide bonds. The number of aromatic amines is 1. The summed E-state index contributed by atoms with van der Waals surface area (Å²) < 4.78 is 1.65. The lowest BCUT2D eigenvalue weighted by atomic mass is 9.96. The number of nitrogens with one attached hydrogen (secondary N) is 1. The molecule has 1 saturated heterocycles. The summed E-state index contributed by atoms with van der Waals surface area (Å²) in [5.41, 5.74) is 1.89. The molecule has 1 N–H and O–H groups in total. The second-order valence-corrected chi connectivity index (χ2v) is 8.27. The number of carbonyl (C=O) groups is 1. The van der Waals surface area contributed by atoms with E-state index in [1.54, 1.807) is 16.8 Å². The van der Waals surface area contributed by atoms with Crippen LogP contribution in [0.15, 0.2) is 24.3 Å². The molecule has 1 aromatic carbocycles. The fourth-order valence-corrected chi connectivity index (χ4v) is 4.06. The highest BCUT2D eigenvalue weighted by Crippen LogP contribution is 2.38. The molecule has 1 aliphatic carbocycles. The lowest BCUT2D eigenvalue weighted by molar-refractivity contribution is 0.0704. The van der Waals surface area contributed by atoms with Crippen LogP contribution < -0.4 is 0 Å². The van der Waals surface area contributed by atoms with Gasteiger partial charge in [0, 0.05) is 29.9 Å². The zero-order valence-corrected chi connectivity index (χ0v) is 16.9. The van der Waals surface area contributed by atoms with Crippen LogP contribution in [0.5, 0.6) is 0 Å². The van der Waals surface area contributed by atoms with Crippen molar-refractivity contribution in [2.45, 2.75) is 44.4 Å². The summed E-state index contributed by atoms with van der Waals surface area (Å²) in [7, 11) is 0. The number of piperidine rings is 1. The van der Waals surface area contributed by atoms with E-state index in [0.717, 1.165) is 30.2 Å². The van der Waals surface area contributed by atoms with Crippen LogP contribution in [0.4, 0.5) is 0 Å². The Labute approximate surface area is 173 Å². The summed E-state index contributed by atoms with van der Waals surface area (Å²) in [5.74, 6) is 2.70. The largest absolute Gasteiger partial charge is 0.337 e. The van der Waals surface area contributed by atoms with Gasteiger partial charge < -0.3 is 4.90 Å². The lowest BCUT2D eigenvalue weighted by Crippen LogP contribution is -2.38. The normalized spacial score (nSPS) is 17.7. The topological polar surface area (TPSA) is 92.6 Å². The summed E-state index contributed by atoms with van der Waals surface area (Å²) in [6, 6.07) is 7.34. The average Bonchev–Trinajstić information content (AvgIpc) is 3.34. The van der Waals surface area contributed by atoms with Crippen LogP contribution in [-0.2, 0) is 0 Å². The molecule has 29 heavy (non-hydrogen) atoms. The van der Waals surface area contributed by atoms with Crippen LogP contribution in [0.1, 0.15) is 65.4 Å². The van der Waals surface area contributed by atoms with Crippen LogP contribution in [0, 0.1) is 6.92 Å². The first kappa shape index (κ1) is 18.3. The molecular weight excluding hydrogens is 390 g/mol. The SMILES string of the molecule is Cc1c(C(=O)N2CCC(c3nc(C4CC4)n[nH]3)CC2)nnn1-c1cccc(Cl)c1. The number of rotatable bonds is 4. The molecule has 2 aromatic heterocycles. The fourth-order valence-electron chi connectivity index (χ4n) is 3.88. The Kier molecular flexibility index (Phi) is 4.58. The number of H-pyrrole nitrogens is 1. The maximum atomic E-state index is 13.0. The molecular formula is C20H22ClN7O. The molecule has 9 heteroatoms. The number of hydrogen-bond donors (Lipinski definition) is 1. The van der Waals surface area contributed by atoms with Crippen molar-refractivity contribution in [2.75, 3.05) is 13.1 Å². The van der Waals surface area contributed by atoms with Crippen molar-refractivity contribution in [2.24, 2.45) is 0 Å². The van der Waals surface area contributed by atoms with Gasteiger partial charge >= 0.3 is 0 Å². The summed E-state index contributed by atoms with van der Waals surface area (Å²) in [4.78, 5) is 19.6. The number of carbonyl (C=O) groups excluding carboxylic acids is 1. The van der Waals surface area contributed by atoms with E-state index in [9.17, 15) is 4.79 Å². The summed E-state index contributed by atoms with van der Waals surface area (Å²) in [6.45, 7) is 3.20. The van der Waals surface area contributed by atoms with E-state index in [0.29, 0.717) is 41.3 Å². The first-order valence-electron chi connectivity index (χ1n) is 10.00. The highest BCUT2D eigenvalue weighted by atomic mass is 35.5. The van der Waals surface area contributed by atoms with Crippen molar-refractivity contribution in [3.8, 4) is 5.69 Å². The molecule has 3 aromatic rings. The molecule has 150 valence electrons. The third kappa shape index (κ3) is 3.53. The van der Waals surface area contributed by atoms with Crippen molar-refractivity contribution in [1.82, 2.24) is 35.1 Å². The van der Waals surface area contributed by atoms with E-state index in [-0.39, 0.29) is 5.91 Å². The van der Waals surface area contributed by atoms with Crippen molar-refractivity contribution >= 4 is 17.5 Å². The molecule has 8 nitrogen and oxygen atoms in total. The highest BCUT2D eigenvalue weighted by molar-refractivity contribution is 6.30. The Balaban J connectivity index is 1.27. The molecule has 0 unspecified atom stereocenters. The minimum absolute atomic E-state index is 0.0783. The lowest BCUT2D eigenvalue weighted by Gasteiger charge is -2.30. The fraction of sp³-hybridized carbons (Fsp3) is 0.450. The van der Waals surface area contributed by atoms with Crippen LogP contribution in [0.3, 0.4) is 0 Å². The Hall–Kier alpha value is -2.74. The van der Waals surface area contributed by atoms with E-state index in [2.05, 4.69) is 25.5 Å². The first-order chi connectivity index (χ1) is 14.1. The molecule has 2 fully saturated rings. The quantitative estimate of drug-likeness (QED) is 0.711. The van der Waals surface area contributed by atoms with Crippen LogP contribution in [0.25, 0.3) is 5.69 Å². The van der Waals surface area contributed by atoms with Gasteiger partial charge in [0.2, 0.25) is 0 Å². The van der Waals surface area contributed by atoms with Gasteiger partial charge in [0.05, 0.1) is 11.4 Å². The Bertz CT molecular complexity index is 1050. The van der Waals surface area contributed by atoms with Crippen LogP contribution >= 0.6 is 11.6 Å². The van der Waals surface area contributed by atoms with Gasteiger partial charge in [-0.05, 0) is 50.8 Å². The summed E-state index contributed by atoms with van der Waals surface area (Å²) in [6.07, 6.45) is 4.12. The third-order valence-electron chi connectivity index (χ3n) is 5.78. The number of halogens is 1. The number of likely N-dealkylation sites (tertiary alicyclic amines) is 1. The van der Waals surface area contributed by atoms with Gasteiger partial charge in [-0.3, -0.25) is 9.89 Å². The molecule has 0 spiro atoms. The van der Waals surface area contributed by atoms with Gasteiger partial charge in [-0.15, -0.1) is 5.10 Å². The monoisotopic (exact) mass is 411 g/mol. The van der Waals surface area contributed by atoms with E-state index in [1.165, 1.54) is 12.8 Å². The van der Waals surface area contributed by atoms with E-state index in [4.69, 9.17) is 11.6 Å². The number of hydrogen-bond acceptors (Lipinski definition) is 5. The average molecular weight is 412 g/mol. The van der Waals surface area contributed by atoms with E-state index in [1.807, 2.05) is 24.0 Å². The van der Waals surface area contributed by atoms with Gasteiger partial charge in [0.15, 0.2) is 11.5 Å². The molecule has 1 saturated carbocycles. The minimum atomic E-state index is -0.0783. The van der Waals surface area contributed by atoms with Gasteiger partial charge in [-0.25, -0.2) is 9.67 Å². The number of nitrogens with zero attached hydrogens (tertiary/aromatic N) is 6. The van der Waals surface area contributed by atoms with Crippen molar-refractivity contribution in [3.05, 3.63) is 52.3 Å². The predicted octanol–water partition coefficient (Wildman–Crippen LogP) is 3.24. The minimum Gasteiger partial charge on any atom is -0.337 e. The first-order valence-corrected chi connectivity index (χ1v) is 10.4. The van der Waals surface area contributed by atoms with Gasteiger partial charge in [-0.2, -0.15) is 5.10 Å². The number of aromatic nitrogens is 6. The zero-order valence-electron chi connectivity index (χ0n) is 16.2. The number of benzene rings is 1. The molecule has 3 heterocycles. The molecule has 1 aliphatic heterocycles. The zero-order chi connectivity index (χ0) is 20.0. The highest BCUT2D eigenvalue weighted by Gasteiger charge is 2.32. The molecule has 2 aliphatic rings. The smallest absolute Gasteiger partial charge is 0.276 e. The Morgan fingerprint density at radius 1 is 1.17 bits per heavy atom. The maximum absolute atomic E-state index is 13.0. The summed E-state index contributed by atoms with van der Waals surface area (Å²) >= 11 is 6.08. The van der Waals surface area contributed by atoms with Crippen LogP contribution in [0.2, 0.25) is 5.02 Å². The van der Waals surface area contributed by atoms with Gasteiger partial charge in [0.25, 0.3) is 5.91 Å². The Morgan fingerprint density at radius 3 is 2.69 bits per heavy atom. The molecule has 0 radical (unpaired) electrons. The summed E-state index contributed by atoms with van der Waals surface area (Å²) in [5, 5.41) is 16.4. The third-order valence-corrected chi connectivity index (χ3v) is 6.02. The maximum Gasteiger partial charge on any atom is 0.276 e. The molecule has 0 atom stereocenters. The van der Waals surface area contributed by atoms with Crippen molar-refractivity contribution in [3.63, 3.8) is 0 Å².